The molecule has 3 nitrogen and oxygen atoms in total. The van der Waals surface area contributed by atoms with Crippen LogP contribution >= 0.6 is 0 Å². The highest BCUT2D eigenvalue weighted by atomic mass is 15.2. The molecule has 0 atom stereocenters. The monoisotopic (exact) mass is 215 g/mol. The van der Waals surface area contributed by atoms with Crippen molar-refractivity contribution >= 4 is 5.82 Å². The molecule has 2 rings (SSSR count). The van der Waals surface area contributed by atoms with E-state index in [9.17, 15) is 0 Å². The SMILES string of the molecule is CCCNc1cc(-c2ccc(C)cc2)[nH]n1. The topological polar surface area (TPSA) is 40.7 Å². The second-order valence-electron chi connectivity index (χ2n) is 3.96. The van der Waals surface area contributed by atoms with Crippen LogP contribution in [0.2, 0.25) is 0 Å². The van der Waals surface area contributed by atoms with Gasteiger partial charge in [-0.25, -0.2) is 0 Å². The summed E-state index contributed by atoms with van der Waals surface area (Å²) in [7, 11) is 0. The zero-order chi connectivity index (χ0) is 11.4. The summed E-state index contributed by atoms with van der Waals surface area (Å²) in [5.41, 5.74) is 3.49. The van der Waals surface area contributed by atoms with Gasteiger partial charge in [0.25, 0.3) is 0 Å². The van der Waals surface area contributed by atoms with Gasteiger partial charge in [0, 0.05) is 12.6 Å². The average Bonchev–Trinajstić information content (AvgIpc) is 2.76. The van der Waals surface area contributed by atoms with Crippen LogP contribution in [0, 0.1) is 6.92 Å². The third-order valence-corrected chi connectivity index (χ3v) is 2.50. The second kappa shape index (κ2) is 4.84. The van der Waals surface area contributed by atoms with E-state index in [1.54, 1.807) is 0 Å². The molecule has 0 spiro atoms. The van der Waals surface area contributed by atoms with Crippen LogP contribution < -0.4 is 5.32 Å². The summed E-state index contributed by atoms with van der Waals surface area (Å²) in [5.74, 6) is 0.914. The summed E-state index contributed by atoms with van der Waals surface area (Å²) >= 11 is 0. The van der Waals surface area contributed by atoms with Crippen LogP contribution in [0.3, 0.4) is 0 Å². The maximum absolute atomic E-state index is 4.22. The van der Waals surface area contributed by atoms with Crippen LogP contribution in [0.4, 0.5) is 5.82 Å². The van der Waals surface area contributed by atoms with Gasteiger partial charge in [-0.15, -0.1) is 0 Å². The summed E-state index contributed by atoms with van der Waals surface area (Å²) in [4.78, 5) is 0. The van der Waals surface area contributed by atoms with Gasteiger partial charge in [-0.2, -0.15) is 5.10 Å². The van der Waals surface area contributed by atoms with E-state index in [1.165, 1.54) is 11.1 Å². The van der Waals surface area contributed by atoms with Crippen LogP contribution in [0.1, 0.15) is 18.9 Å². The molecule has 0 saturated heterocycles. The average molecular weight is 215 g/mol. The number of aryl methyl sites for hydroxylation is 1. The minimum absolute atomic E-state index is 0.914. The lowest BCUT2D eigenvalue weighted by Gasteiger charge is -1.98. The lowest BCUT2D eigenvalue weighted by molar-refractivity contribution is 0.961. The highest BCUT2D eigenvalue weighted by Gasteiger charge is 2.02. The molecule has 2 N–H and O–H groups in total. The predicted octanol–water partition coefficient (Wildman–Crippen LogP) is 3.21. The molecule has 1 heterocycles. The molecule has 84 valence electrons. The number of aromatic amines is 1. The van der Waals surface area contributed by atoms with Crippen LogP contribution in [-0.4, -0.2) is 16.7 Å². The van der Waals surface area contributed by atoms with E-state index in [0.717, 1.165) is 24.5 Å². The molecular formula is C13H17N3. The Labute approximate surface area is 95.9 Å². The van der Waals surface area contributed by atoms with E-state index in [0.29, 0.717) is 0 Å². The lowest BCUT2D eigenvalue weighted by atomic mass is 10.1. The summed E-state index contributed by atoms with van der Waals surface area (Å²) in [6.07, 6.45) is 1.10. The van der Waals surface area contributed by atoms with Crippen LogP contribution in [0.25, 0.3) is 11.3 Å². The van der Waals surface area contributed by atoms with E-state index >= 15 is 0 Å². The van der Waals surface area contributed by atoms with Crippen molar-refractivity contribution in [3.05, 3.63) is 35.9 Å². The Balaban J connectivity index is 2.15. The number of H-pyrrole nitrogens is 1. The summed E-state index contributed by atoms with van der Waals surface area (Å²) < 4.78 is 0. The van der Waals surface area contributed by atoms with Crippen molar-refractivity contribution in [3.8, 4) is 11.3 Å². The second-order valence-corrected chi connectivity index (χ2v) is 3.96. The van der Waals surface area contributed by atoms with E-state index in [2.05, 4.69) is 53.6 Å². The number of anilines is 1. The zero-order valence-corrected chi connectivity index (χ0v) is 9.75. The van der Waals surface area contributed by atoms with Gasteiger partial charge in [0.15, 0.2) is 0 Å². The van der Waals surface area contributed by atoms with Gasteiger partial charge in [-0.3, -0.25) is 5.10 Å². The van der Waals surface area contributed by atoms with E-state index < -0.39 is 0 Å². The number of aromatic nitrogens is 2. The number of nitrogens with zero attached hydrogens (tertiary/aromatic N) is 1. The molecule has 2 aromatic rings. The Morgan fingerprint density at radius 3 is 2.69 bits per heavy atom. The quantitative estimate of drug-likeness (QED) is 0.822. The number of hydrogen-bond donors (Lipinski definition) is 2. The largest absolute Gasteiger partial charge is 0.369 e. The fraction of sp³-hybridized carbons (Fsp3) is 0.308. The molecule has 0 saturated carbocycles. The third kappa shape index (κ3) is 2.42. The Bertz CT molecular complexity index is 442. The summed E-state index contributed by atoms with van der Waals surface area (Å²) in [5, 5.41) is 10.5. The molecule has 0 radical (unpaired) electrons. The highest BCUT2D eigenvalue weighted by molar-refractivity contribution is 5.62. The van der Waals surface area contributed by atoms with Gasteiger partial charge in [0.05, 0.1) is 5.69 Å². The van der Waals surface area contributed by atoms with Gasteiger partial charge in [-0.1, -0.05) is 36.8 Å². The van der Waals surface area contributed by atoms with Crippen molar-refractivity contribution in [2.75, 3.05) is 11.9 Å². The predicted molar refractivity (Wildman–Crippen MR) is 67.5 cm³/mol. The van der Waals surface area contributed by atoms with Crippen LogP contribution in [0.15, 0.2) is 30.3 Å². The standard InChI is InChI=1S/C13H17N3/c1-3-8-14-13-9-12(15-16-13)11-6-4-10(2)5-7-11/h4-7,9H,3,8H2,1-2H3,(H2,14,15,16). The summed E-state index contributed by atoms with van der Waals surface area (Å²) in [6, 6.07) is 10.5. The van der Waals surface area contributed by atoms with Crippen molar-refractivity contribution in [2.24, 2.45) is 0 Å². The Morgan fingerprint density at radius 1 is 1.25 bits per heavy atom. The first-order chi connectivity index (χ1) is 7.79. The lowest BCUT2D eigenvalue weighted by Crippen LogP contribution is -1.99. The van der Waals surface area contributed by atoms with Gasteiger partial charge in [0.1, 0.15) is 5.82 Å². The number of hydrogen-bond acceptors (Lipinski definition) is 2. The molecule has 0 bridgehead atoms. The maximum Gasteiger partial charge on any atom is 0.148 e. The van der Waals surface area contributed by atoms with Crippen molar-refractivity contribution in [2.45, 2.75) is 20.3 Å². The first-order valence-corrected chi connectivity index (χ1v) is 5.66. The molecule has 16 heavy (non-hydrogen) atoms. The minimum atomic E-state index is 0.914. The first-order valence-electron chi connectivity index (χ1n) is 5.66. The molecule has 0 aliphatic rings. The number of nitrogens with one attached hydrogen (secondary N) is 2. The fourth-order valence-corrected chi connectivity index (χ4v) is 1.55. The van der Waals surface area contributed by atoms with Crippen molar-refractivity contribution < 1.29 is 0 Å². The molecule has 0 aliphatic carbocycles. The van der Waals surface area contributed by atoms with Gasteiger partial charge in [0.2, 0.25) is 0 Å². The van der Waals surface area contributed by atoms with Crippen LogP contribution in [0.5, 0.6) is 0 Å². The smallest absolute Gasteiger partial charge is 0.148 e. The first kappa shape index (κ1) is 10.7. The van der Waals surface area contributed by atoms with Gasteiger partial charge >= 0.3 is 0 Å². The van der Waals surface area contributed by atoms with Gasteiger partial charge in [-0.05, 0) is 18.9 Å². The molecule has 0 amide bonds. The minimum Gasteiger partial charge on any atom is -0.369 e. The van der Waals surface area contributed by atoms with Gasteiger partial charge < -0.3 is 5.32 Å². The maximum atomic E-state index is 4.22. The van der Waals surface area contributed by atoms with Crippen LogP contribution in [-0.2, 0) is 0 Å². The molecule has 0 fully saturated rings. The summed E-state index contributed by atoms with van der Waals surface area (Å²) in [6.45, 7) is 5.18. The van der Waals surface area contributed by atoms with E-state index in [-0.39, 0.29) is 0 Å². The van der Waals surface area contributed by atoms with E-state index in [1.807, 2.05) is 6.07 Å². The molecule has 0 aliphatic heterocycles. The normalized spacial score (nSPS) is 10.4. The molecule has 1 aromatic heterocycles. The van der Waals surface area contributed by atoms with Crippen molar-refractivity contribution in [3.63, 3.8) is 0 Å². The fourth-order valence-electron chi connectivity index (χ4n) is 1.55. The third-order valence-electron chi connectivity index (χ3n) is 2.50. The molecular weight excluding hydrogens is 198 g/mol. The number of benzene rings is 1. The Hall–Kier alpha value is -1.77. The number of rotatable bonds is 4. The Kier molecular flexibility index (Phi) is 3.25. The van der Waals surface area contributed by atoms with Crippen molar-refractivity contribution in [1.82, 2.24) is 10.2 Å². The molecule has 0 unspecified atom stereocenters. The Morgan fingerprint density at radius 2 is 2.00 bits per heavy atom. The van der Waals surface area contributed by atoms with E-state index in [4.69, 9.17) is 0 Å². The molecule has 3 heteroatoms. The van der Waals surface area contributed by atoms with Crippen molar-refractivity contribution in [1.29, 1.82) is 0 Å². The molecule has 1 aromatic carbocycles. The zero-order valence-electron chi connectivity index (χ0n) is 9.75. The highest BCUT2D eigenvalue weighted by Crippen LogP contribution is 2.19.